The molecule has 1 aliphatic heterocycles. The number of nitrogens with one attached hydrogen (secondary N) is 1. The van der Waals surface area contributed by atoms with Gasteiger partial charge in [-0.05, 0) is 50.5 Å². The molecule has 1 aromatic carbocycles. The maximum Gasteiger partial charge on any atom is 0.251 e. The monoisotopic (exact) mass is 294 g/mol. The minimum absolute atomic E-state index is 0.00739. The first-order valence-electron chi connectivity index (χ1n) is 6.93. The zero-order chi connectivity index (χ0) is 14.5. The molecule has 1 aliphatic rings. The molecule has 108 valence electrons. The van der Waals surface area contributed by atoms with Crippen LogP contribution in [0, 0.1) is 0 Å². The van der Waals surface area contributed by atoms with E-state index in [0.717, 1.165) is 25.9 Å². The molecule has 0 spiro atoms. The highest BCUT2D eigenvalue weighted by Gasteiger charge is 2.23. The maximum atomic E-state index is 12.2. The average Bonchev–Trinajstić information content (AvgIpc) is 2.48. The summed E-state index contributed by atoms with van der Waals surface area (Å²) in [7, 11) is 0. The second-order valence-electron chi connectivity index (χ2n) is 5.09. The van der Waals surface area contributed by atoms with Crippen molar-refractivity contribution in [1.82, 2.24) is 10.2 Å². The molecule has 0 radical (unpaired) electrons. The summed E-state index contributed by atoms with van der Waals surface area (Å²) in [5.74, 6) is -0.258. The van der Waals surface area contributed by atoms with E-state index in [1.165, 1.54) is 6.42 Å². The molecule has 1 fully saturated rings. The Morgan fingerprint density at radius 1 is 1.15 bits per heavy atom. The van der Waals surface area contributed by atoms with Crippen molar-refractivity contribution in [1.29, 1.82) is 0 Å². The molecule has 0 saturated carbocycles. The van der Waals surface area contributed by atoms with Gasteiger partial charge in [-0.25, -0.2) is 0 Å². The van der Waals surface area contributed by atoms with Gasteiger partial charge in [0.2, 0.25) is 5.91 Å². The Morgan fingerprint density at radius 2 is 1.75 bits per heavy atom. The van der Waals surface area contributed by atoms with E-state index in [0.29, 0.717) is 10.6 Å². The number of hydrogen-bond donors (Lipinski definition) is 1. The number of hydrogen-bond acceptors (Lipinski definition) is 2. The number of piperidine rings is 1. The van der Waals surface area contributed by atoms with E-state index in [2.05, 4.69) is 5.32 Å². The van der Waals surface area contributed by atoms with Gasteiger partial charge in [-0.15, -0.1) is 0 Å². The Labute approximate surface area is 124 Å². The van der Waals surface area contributed by atoms with Gasteiger partial charge >= 0.3 is 0 Å². The molecule has 1 aromatic rings. The largest absolute Gasteiger partial charge is 0.341 e. The molecular weight excluding hydrogens is 276 g/mol. The van der Waals surface area contributed by atoms with Crippen molar-refractivity contribution < 1.29 is 9.59 Å². The third kappa shape index (κ3) is 3.73. The van der Waals surface area contributed by atoms with Crippen LogP contribution in [0.25, 0.3) is 0 Å². The van der Waals surface area contributed by atoms with E-state index in [4.69, 9.17) is 11.6 Å². The number of carbonyl (C=O) groups is 2. The molecule has 4 nitrogen and oxygen atoms in total. The van der Waals surface area contributed by atoms with Gasteiger partial charge in [0.05, 0.1) is 0 Å². The minimum Gasteiger partial charge on any atom is -0.341 e. The Hall–Kier alpha value is -1.55. The van der Waals surface area contributed by atoms with Crippen LogP contribution in [0.5, 0.6) is 0 Å². The third-order valence-corrected chi connectivity index (χ3v) is 3.74. The lowest BCUT2D eigenvalue weighted by Crippen LogP contribution is -2.48. The molecule has 0 bridgehead atoms. The predicted octanol–water partition coefficient (Wildman–Crippen LogP) is 2.47. The van der Waals surface area contributed by atoms with Gasteiger partial charge in [0, 0.05) is 23.7 Å². The summed E-state index contributed by atoms with van der Waals surface area (Å²) in [5, 5.41) is 3.32. The first-order chi connectivity index (χ1) is 9.58. The van der Waals surface area contributed by atoms with E-state index < -0.39 is 6.04 Å². The second kappa shape index (κ2) is 6.75. The standard InChI is InChI=1S/C15H19ClN2O2/c1-11(15(20)18-9-3-2-4-10-18)17-14(19)12-5-7-13(16)8-6-12/h5-8,11H,2-4,9-10H2,1H3,(H,17,19)/t11-/m1/s1. The van der Waals surface area contributed by atoms with Gasteiger partial charge in [0.25, 0.3) is 5.91 Å². The highest BCUT2D eigenvalue weighted by molar-refractivity contribution is 6.30. The van der Waals surface area contributed by atoms with Crippen LogP contribution in [-0.4, -0.2) is 35.8 Å². The summed E-state index contributed by atoms with van der Waals surface area (Å²) in [4.78, 5) is 26.1. The number of carbonyl (C=O) groups excluding carboxylic acids is 2. The van der Waals surface area contributed by atoms with Crippen molar-refractivity contribution >= 4 is 23.4 Å². The molecule has 1 saturated heterocycles. The van der Waals surface area contributed by atoms with Crippen LogP contribution in [0.1, 0.15) is 36.5 Å². The summed E-state index contributed by atoms with van der Waals surface area (Å²) in [6.45, 7) is 3.31. The highest BCUT2D eigenvalue weighted by Crippen LogP contribution is 2.11. The number of likely N-dealkylation sites (tertiary alicyclic amines) is 1. The fourth-order valence-corrected chi connectivity index (χ4v) is 2.46. The molecule has 1 N–H and O–H groups in total. The fraction of sp³-hybridized carbons (Fsp3) is 0.467. The van der Waals surface area contributed by atoms with Gasteiger partial charge in [-0.3, -0.25) is 9.59 Å². The molecule has 2 rings (SSSR count). The van der Waals surface area contributed by atoms with Crippen molar-refractivity contribution in [2.24, 2.45) is 0 Å². The Bertz CT molecular complexity index is 481. The molecule has 20 heavy (non-hydrogen) atoms. The topological polar surface area (TPSA) is 49.4 Å². The van der Waals surface area contributed by atoms with Crippen molar-refractivity contribution in [2.75, 3.05) is 13.1 Å². The van der Waals surface area contributed by atoms with E-state index in [1.54, 1.807) is 31.2 Å². The first kappa shape index (κ1) is 14.9. The van der Waals surface area contributed by atoms with Crippen LogP contribution in [0.2, 0.25) is 5.02 Å². The van der Waals surface area contributed by atoms with E-state index in [9.17, 15) is 9.59 Å². The number of nitrogens with zero attached hydrogens (tertiary/aromatic N) is 1. The van der Waals surface area contributed by atoms with E-state index in [-0.39, 0.29) is 11.8 Å². The molecule has 0 unspecified atom stereocenters. The van der Waals surface area contributed by atoms with Crippen LogP contribution in [-0.2, 0) is 4.79 Å². The predicted molar refractivity (Wildman–Crippen MR) is 78.8 cm³/mol. The van der Waals surface area contributed by atoms with Gasteiger partial charge in [0.1, 0.15) is 6.04 Å². The maximum absolute atomic E-state index is 12.2. The zero-order valence-corrected chi connectivity index (χ0v) is 12.3. The number of rotatable bonds is 3. The minimum atomic E-state index is -0.503. The van der Waals surface area contributed by atoms with Gasteiger partial charge in [0.15, 0.2) is 0 Å². The summed E-state index contributed by atoms with van der Waals surface area (Å²) < 4.78 is 0. The summed E-state index contributed by atoms with van der Waals surface area (Å²) >= 11 is 5.78. The normalized spacial score (nSPS) is 16.6. The average molecular weight is 295 g/mol. The Morgan fingerprint density at radius 3 is 2.35 bits per heavy atom. The van der Waals surface area contributed by atoms with Gasteiger partial charge in [-0.1, -0.05) is 11.6 Å². The summed E-state index contributed by atoms with van der Waals surface area (Å²) in [5.41, 5.74) is 0.507. The summed E-state index contributed by atoms with van der Waals surface area (Å²) in [6, 6.07) is 6.11. The highest BCUT2D eigenvalue weighted by atomic mass is 35.5. The second-order valence-corrected chi connectivity index (χ2v) is 5.52. The van der Waals surface area contributed by atoms with Crippen LogP contribution in [0.3, 0.4) is 0 Å². The van der Waals surface area contributed by atoms with E-state index in [1.807, 2.05) is 4.90 Å². The van der Waals surface area contributed by atoms with Crippen LogP contribution in [0.4, 0.5) is 0 Å². The molecule has 0 aliphatic carbocycles. The van der Waals surface area contributed by atoms with Crippen LogP contribution < -0.4 is 5.32 Å². The van der Waals surface area contributed by atoms with Crippen molar-refractivity contribution in [2.45, 2.75) is 32.2 Å². The fourth-order valence-electron chi connectivity index (χ4n) is 2.33. The number of benzene rings is 1. The molecule has 5 heteroatoms. The Kier molecular flexibility index (Phi) is 5.01. The number of amides is 2. The molecule has 2 amide bonds. The SMILES string of the molecule is C[C@@H](NC(=O)c1ccc(Cl)cc1)C(=O)N1CCCCC1. The van der Waals surface area contributed by atoms with Gasteiger partial charge < -0.3 is 10.2 Å². The third-order valence-electron chi connectivity index (χ3n) is 3.49. The number of halogens is 1. The van der Waals surface area contributed by atoms with Crippen LogP contribution in [0.15, 0.2) is 24.3 Å². The molecule has 0 aromatic heterocycles. The lowest BCUT2D eigenvalue weighted by atomic mass is 10.1. The van der Waals surface area contributed by atoms with Crippen molar-refractivity contribution in [3.63, 3.8) is 0 Å². The quantitative estimate of drug-likeness (QED) is 0.931. The smallest absolute Gasteiger partial charge is 0.251 e. The first-order valence-corrected chi connectivity index (χ1v) is 7.31. The zero-order valence-electron chi connectivity index (χ0n) is 11.6. The summed E-state index contributed by atoms with van der Waals surface area (Å²) in [6.07, 6.45) is 3.27. The molecular formula is C15H19ClN2O2. The van der Waals surface area contributed by atoms with Crippen LogP contribution >= 0.6 is 11.6 Å². The van der Waals surface area contributed by atoms with Crippen molar-refractivity contribution in [3.8, 4) is 0 Å². The van der Waals surface area contributed by atoms with Gasteiger partial charge in [-0.2, -0.15) is 0 Å². The molecule has 1 heterocycles. The molecule has 1 atom stereocenters. The van der Waals surface area contributed by atoms with E-state index >= 15 is 0 Å². The Balaban J connectivity index is 1.92. The lowest BCUT2D eigenvalue weighted by Gasteiger charge is -2.29. The lowest BCUT2D eigenvalue weighted by molar-refractivity contribution is -0.133. The van der Waals surface area contributed by atoms with Crippen molar-refractivity contribution in [3.05, 3.63) is 34.9 Å².